The molecule has 0 aliphatic rings. The monoisotopic (exact) mass is 289 g/mol. The highest BCUT2D eigenvalue weighted by atomic mass is 79.9. The van der Waals surface area contributed by atoms with Crippen LogP contribution in [0.5, 0.6) is 0 Å². The average molecular weight is 291 g/mol. The standard InChI is InChI=1S/C12H17BrClN/c1-9(2)5-6-15-8-10-3-4-12(14)11(13)7-10/h3-4,7,9,15H,5-6,8H2,1-2H3. The van der Waals surface area contributed by atoms with Crippen LogP contribution in [0.3, 0.4) is 0 Å². The molecule has 0 aliphatic carbocycles. The van der Waals surface area contributed by atoms with Gasteiger partial charge in [-0.25, -0.2) is 0 Å². The molecule has 0 heterocycles. The normalized spacial score (nSPS) is 11.0. The first kappa shape index (κ1) is 13.0. The summed E-state index contributed by atoms with van der Waals surface area (Å²) in [5.41, 5.74) is 1.26. The van der Waals surface area contributed by atoms with Gasteiger partial charge in [0.15, 0.2) is 0 Å². The van der Waals surface area contributed by atoms with E-state index in [0.717, 1.165) is 28.5 Å². The van der Waals surface area contributed by atoms with E-state index in [1.807, 2.05) is 6.07 Å². The van der Waals surface area contributed by atoms with Gasteiger partial charge >= 0.3 is 0 Å². The topological polar surface area (TPSA) is 12.0 Å². The fourth-order valence-corrected chi connectivity index (χ4v) is 1.82. The molecular formula is C12H17BrClN. The highest BCUT2D eigenvalue weighted by Crippen LogP contribution is 2.23. The van der Waals surface area contributed by atoms with E-state index in [0.29, 0.717) is 0 Å². The Hall–Kier alpha value is -0.0500. The Kier molecular flexibility index (Phi) is 5.65. The molecule has 84 valence electrons. The summed E-state index contributed by atoms with van der Waals surface area (Å²) >= 11 is 9.33. The number of hydrogen-bond donors (Lipinski definition) is 1. The third-order valence-electron chi connectivity index (χ3n) is 2.21. The van der Waals surface area contributed by atoms with Gasteiger partial charge in [0, 0.05) is 11.0 Å². The summed E-state index contributed by atoms with van der Waals surface area (Å²) < 4.78 is 0.965. The summed E-state index contributed by atoms with van der Waals surface area (Å²) in [5.74, 6) is 0.759. The smallest absolute Gasteiger partial charge is 0.0548 e. The Balaban J connectivity index is 2.35. The molecule has 0 fully saturated rings. The van der Waals surface area contributed by atoms with E-state index in [2.05, 4.69) is 47.2 Å². The number of benzene rings is 1. The summed E-state index contributed by atoms with van der Waals surface area (Å²) in [5, 5.41) is 4.18. The fraction of sp³-hybridized carbons (Fsp3) is 0.500. The summed E-state index contributed by atoms with van der Waals surface area (Å²) in [6.45, 7) is 6.45. The van der Waals surface area contributed by atoms with Crippen molar-refractivity contribution >= 4 is 27.5 Å². The molecule has 0 spiro atoms. The molecule has 0 radical (unpaired) electrons. The van der Waals surface area contributed by atoms with Gasteiger partial charge in [-0.1, -0.05) is 31.5 Å². The second kappa shape index (κ2) is 6.51. The predicted octanol–water partition coefficient (Wildman–Crippen LogP) is 4.24. The Morgan fingerprint density at radius 3 is 2.73 bits per heavy atom. The minimum atomic E-state index is 0.759. The second-order valence-corrected chi connectivity index (χ2v) is 5.37. The first-order valence-electron chi connectivity index (χ1n) is 5.24. The van der Waals surface area contributed by atoms with E-state index in [1.165, 1.54) is 12.0 Å². The maximum atomic E-state index is 5.92. The SMILES string of the molecule is CC(C)CCNCc1ccc(Cl)c(Br)c1. The van der Waals surface area contributed by atoms with Gasteiger partial charge in [-0.2, -0.15) is 0 Å². The van der Waals surface area contributed by atoms with Crippen LogP contribution in [0.2, 0.25) is 5.02 Å². The summed E-state index contributed by atoms with van der Waals surface area (Å²) in [7, 11) is 0. The van der Waals surface area contributed by atoms with Gasteiger partial charge in [-0.05, 0) is 52.5 Å². The number of halogens is 2. The van der Waals surface area contributed by atoms with Crippen LogP contribution in [-0.2, 0) is 6.54 Å². The molecule has 0 saturated carbocycles. The zero-order valence-corrected chi connectivity index (χ0v) is 11.5. The summed E-state index contributed by atoms with van der Waals surface area (Å²) in [6.07, 6.45) is 1.22. The molecule has 1 aromatic carbocycles. The third-order valence-corrected chi connectivity index (χ3v) is 3.43. The van der Waals surface area contributed by atoms with E-state index in [9.17, 15) is 0 Å². The minimum absolute atomic E-state index is 0.759. The lowest BCUT2D eigenvalue weighted by atomic mass is 10.1. The molecule has 1 N–H and O–H groups in total. The van der Waals surface area contributed by atoms with E-state index in [-0.39, 0.29) is 0 Å². The fourth-order valence-electron chi connectivity index (χ4n) is 1.27. The van der Waals surface area contributed by atoms with E-state index in [1.54, 1.807) is 0 Å². The largest absolute Gasteiger partial charge is 0.313 e. The summed E-state index contributed by atoms with van der Waals surface area (Å²) in [4.78, 5) is 0. The molecule has 1 nitrogen and oxygen atoms in total. The summed E-state index contributed by atoms with van der Waals surface area (Å²) in [6, 6.07) is 6.03. The van der Waals surface area contributed by atoms with Crippen LogP contribution in [0, 0.1) is 5.92 Å². The van der Waals surface area contributed by atoms with Crippen LogP contribution >= 0.6 is 27.5 Å². The van der Waals surface area contributed by atoms with Crippen LogP contribution in [0.25, 0.3) is 0 Å². The molecule has 3 heteroatoms. The molecule has 0 bridgehead atoms. The van der Waals surface area contributed by atoms with Crippen molar-refractivity contribution in [2.24, 2.45) is 5.92 Å². The van der Waals surface area contributed by atoms with Crippen molar-refractivity contribution in [1.29, 1.82) is 0 Å². The highest BCUT2D eigenvalue weighted by Gasteiger charge is 1.99. The Morgan fingerprint density at radius 1 is 1.40 bits per heavy atom. The number of rotatable bonds is 5. The Labute approximate surface area is 105 Å². The van der Waals surface area contributed by atoms with Crippen molar-refractivity contribution in [3.05, 3.63) is 33.3 Å². The molecule has 0 aromatic heterocycles. The highest BCUT2D eigenvalue weighted by molar-refractivity contribution is 9.10. The van der Waals surface area contributed by atoms with Crippen LogP contribution in [0.4, 0.5) is 0 Å². The lowest BCUT2D eigenvalue weighted by molar-refractivity contribution is 0.537. The zero-order valence-electron chi connectivity index (χ0n) is 9.19. The maximum Gasteiger partial charge on any atom is 0.0548 e. The molecule has 0 aliphatic heterocycles. The van der Waals surface area contributed by atoms with Crippen LogP contribution in [-0.4, -0.2) is 6.54 Å². The lowest BCUT2D eigenvalue weighted by Crippen LogP contribution is -2.16. The quantitative estimate of drug-likeness (QED) is 0.800. The van der Waals surface area contributed by atoms with Crippen LogP contribution in [0.1, 0.15) is 25.8 Å². The molecule has 15 heavy (non-hydrogen) atoms. The molecule has 0 atom stereocenters. The lowest BCUT2D eigenvalue weighted by Gasteiger charge is -2.07. The molecule has 1 rings (SSSR count). The van der Waals surface area contributed by atoms with Crippen molar-refractivity contribution in [3.8, 4) is 0 Å². The van der Waals surface area contributed by atoms with E-state index < -0.39 is 0 Å². The van der Waals surface area contributed by atoms with Gasteiger partial charge in [-0.3, -0.25) is 0 Å². The molecule has 0 saturated heterocycles. The van der Waals surface area contributed by atoms with Gasteiger partial charge in [0.1, 0.15) is 0 Å². The van der Waals surface area contributed by atoms with Gasteiger partial charge in [0.2, 0.25) is 0 Å². The number of nitrogens with one attached hydrogen (secondary N) is 1. The van der Waals surface area contributed by atoms with Gasteiger partial charge in [-0.15, -0.1) is 0 Å². The molecule has 0 unspecified atom stereocenters. The van der Waals surface area contributed by atoms with Crippen molar-refractivity contribution in [2.75, 3.05) is 6.54 Å². The van der Waals surface area contributed by atoms with Crippen molar-refractivity contribution in [3.63, 3.8) is 0 Å². The van der Waals surface area contributed by atoms with Crippen molar-refractivity contribution in [2.45, 2.75) is 26.8 Å². The first-order valence-corrected chi connectivity index (χ1v) is 6.41. The van der Waals surface area contributed by atoms with Crippen LogP contribution in [0.15, 0.2) is 22.7 Å². The Bertz CT molecular complexity index is 312. The van der Waals surface area contributed by atoms with Gasteiger partial charge in [0.25, 0.3) is 0 Å². The molecular weight excluding hydrogens is 273 g/mol. The van der Waals surface area contributed by atoms with Crippen molar-refractivity contribution in [1.82, 2.24) is 5.32 Å². The van der Waals surface area contributed by atoms with E-state index in [4.69, 9.17) is 11.6 Å². The van der Waals surface area contributed by atoms with Crippen molar-refractivity contribution < 1.29 is 0 Å². The van der Waals surface area contributed by atoms with Crippen LogP contribution < -0.4 is 5.32 Å². The average Bonchev–Trinajstić information content (AvgIpc) is 2.18. The van der Waals surface area contributed by atoms with Gasteiger partial charge in [0.05, 0.1) is 5.02 Å². The number of hydrogen-bond acceptors (Lipinski definition) is 1. The van der Waals surface area contributed by atoms with E-state index >= 15 is 0 Å². The second-order valence-electron chi connectivity index (χ2n) is 4.11. The van der Waals surface area contributed by atoms with Gasteiger partial charge < -0.3 is 5.32 Å². The minimum Gasteiger partial charge on any atom is -0.313 e. The third kappa shape index (κ3) is 5.01. The zero-order chi connectivity index (χ0) is 11.3. The predicted molar refractivity (Wildman–Crippen MR) is 70.3 cm³/mol. The molecule has 0 amide bonds. The molecule has 1 aromatic rings. The maximum absolute atomic E-state index is 5.92. The first-order chi connectivity index (χ1) is 7.09. The Morgan fingerprint density at radius 2 is 2.13 bits per heavy atom.